The van der Waals surface area contributed by atoms with Gasteiger partial charge in [-0.3, -0.25) is 0 Å². The molecule has 0 spiro atoms. The summed E-state index contributed by atoms with van der Waals surface area (Å²) < 4.78 is 21.9. The fourth-order valence-electron chi connectivity index (χ4n) is 1.93. The standard InChI is InChI=1S/C11H18NO4P/c1-13-17(14-2,15-3)12-11(9-16-17)10-7-5-4-6-8-10/h4-8,11-12H,9H2,1-3H3. The molecule has 1 aromatic rings. The Morgan fingerprint density at radius 2 is 1.71 bits per heavy atom. The van der Waals surface area contributed by atoms with E-state index in [0.29, 0.717) is 6.61 Å². The van der Waals surface area contributed by atoms with E-state index in [2.05, 4.69) is 5.09 Å². The van der Waals surface area contributed by atoms with Gasteiger partial charge in [0.15, 0.2) is 0 Å². The Bertz CT molecular complexity index is 371. The predicted octanol–water partition coefficient (Wildman–Crippen LogP) is 2.42. The molecule has 0 bridgehead atoms. The van der Waals surface area contributed by atoms with Gasteiger partial charge in [-0.25, -0.2) is 0 Å². The van der Waals surface area contributed by atoms with Crippen LogP contribution in [0.3, 0.4) is 0 Å². The van der Waals surface area contributed by atoms with Crippen molar-refractivity contribution in [2.24, 2.45) is 0 Å². The second-order valence-electron chi connectivity index (χ2n) is 3.75. The molecule has 0 amide bonds. The van der Waals surface area contributed by atoms with Gasteiger partial charge in [0.2, 0.25) is 0 Å². The molecule has 6 heteroatoms. The van der Waals surface area contributed by atoms with Gasteiger partial charge < -0.3 is 0 Å². The van der Waals surface area contributed by atoms with E-state index in [1.165, 1.54) is 21.3 Å². The Labute approximate surface area is 101 Å². The van der Waals surface area contributed by atoms with Crippen molar-refractivity contribution in [2.45, 2.75) is 6.04 Å². The van der Waals surface area contributed by atoms with Crippen LogP contribution in [0.25, 0.3) is 0 Å². The van der Waals surface area contributed by atoms with Crippen molar-refractivity contribution >= 4 is 7.66 Å². The molecule has 1 fully saturated rings. The van der Waals surface area contributed by atoms with Crippen LogP contribution in [0.4, 0.5) is 0 Å². The van der Waals surface area contributed by atoms with Gasteiger partial charge in [0, 0.05) is 0 Å². The zero-order chi connectivity index (χ0) is 12.4. The van der Waals surface area contributed by atoms with E-state index in [4.69, 9.17) is 18.1 Å². The molecule has 0 radical (unpaired) electrons. The molecule has 1 aromatic carbocycles. The van der Waals surface area contributed by atoms with Crippen molar-refractivity contribution < 1.29 is 18.1 Å². The minimum atomic E-state index is -3.57. The molecule has 2 rings (SSSR count). The molecule has 1 atom stereocenters. The Hall–Kier alpha value is -0.550. The molecule has 0 aliphatic carbocycles. The van der Waals surface area contributed by atoms with Crippen molar-refractivity contribution in [3.8, 4) is 0 Å². The maximum absolute atomic E-state index is 5.70. The summed E-state index contributed by atoms with van der Waals surface area (Å²) in [6, 6.07) is 10.0. The summed E-state index contributed by atoms with van der Waals surface area (Å²) in [5, 5.41) is 3.22. The minimum absolute atomic E-state index is 0.00807. The normalized spacial score (nSPS) is 28.4. The van der Waals surface area contributed by atoms with Crippen LogP contribution in [0.5, 0.6) is 0 Å². The molecule has 1 N–H and O–H groups in total. The summed E-state index contributed by atoms with van der Waals surface area (Å²) in [7, 11) is 0.983. The Morgan fingerprint density at radius 1 is 1.12 bits per heavy atom. The molecule has 0 saturated carbocycles. The quantitative estimate of drug-likeness (QED) is 0.841. The molecule has 5 nitrogen and oxygen atoms in total. The van der Waals surface area contributed by atoms with Crippen LogP contribution in [0, 0.1) is 0 Å². The van der Waals surface area contributed by atoms with E-state index < -0.39 is 7.66 Å². The summed E-state index contributed by atoms with van der Waals surface area (Å²) in [5.41, 5.74) is 1.12. The Balaban J connectivity index is 2.24. The van der Waals surface area contributed by atoms with Crippen LogP contribution in [0.2, 0.25) is 0 Å². The third kappa shape index (κ3) is 2.10. The van der Waals surface area contributed by atoms with Crippen LogP contribution >= 0.6 is 7.66 Å². The van der Waals surface area contributed by atoms with E-state index >= 15 is 0 Å². The van der Waals surface area contributed by atoms with Gasteiger partial charge in [-0.05, 0) is 0 Å². The van der Waals surface area contributed by atoms with Crippen LogP contribution in [-0.2, 0) is 18.1 Å². The molecule has 0 aromatic heterocycles. The molecule has 1 unspecified atom stereocenters. The number of rotatable bonds is 4. The summed E-state index contributed by atoms with van der Waals surface area (Å²) >= 11 is 0. The SMILES string of the molecule is COP1(OC)(OC)NC(c2ccccc2)CO1. The first-order valence-corrected chi connectivity index (χ1v) is 7.27. The topological polar surface area (TPSA) is 49.0 Å². The molecular weight excluding hydrogens is 241 g/mol. The molecule has 1 heterocycles. The second-order valence-corrected chi connectivity index (χ2v) is 6.98. The fraction of sp³-hybridized carbons (Fsp3) is 0.455. The molecule has 1 aliphatic heterocycles. The van der Waals surface area contributed by atoms with E-state index in [-0.39, 0.29) is 6.04 Å². The van der Waals surface area contributed by atoms with Gasteiger partial charge >= 0.3 is 101 Å². The van der Waals surface area contributed by atoms with Gasteiger partial charge in [0.05, 0.1) is 0 Å². The first kappa shape index (κ1) is 12.9. The molecule has 17 heavy (non-hydrogen) atoms. The molecule has 1 aliphatic rings. The second kappa shape index (κ2) is 4.61. The summed E-state index contributed by atoms with van der Waals surface area (Å²) in [5.74, 6) is 0. The van der Waals surface area contributed by atoms with Gasteiger partial charge in [-0.1, -0.05) is 0 Å². The van der Waals surface area contributed by atoms with Crippen molar-refractivity contribution in [3.05, 3.63) is 35.9 Å². The monoisotopic (exact) mass is 259 g/mol. The van der Waals surface area contributed by atoms with Crippen LogP contribution in [-0.4, -0.2) is 27.9 Å². The number of nitrogens with one attached hydrogen (secondary N) is 1. The third-order valence-corrected chi connectivity index (χ3v) is 6.19. The summed E-state index contributed by atoms with van der Waals surface area (Å²) in [6.07, 6.45) is 0. The first-order valence-electron chi connectivity index (χ1n) is 5.36. The Morgan fingerprint density at radius 3 is 2.18 bits per heavy atom. The van der Waals surface area contributed by atoms with Crippen LogP contribution in [0.15, 0.2) is 30.3 Å². The maximum atomic E-state index is 5.70. The van der Waals surface area contributed by atoms with E-state index in [1.54, 1.807) is 0 Å². The van der Waals surface area contributed by atoms with Crippen molar-refractivity contribution in [2.75, 3.05) is 27.9 Å². The van der Waals surface area contributed by atoms with E-state index in [1.807, 2.05) is 30.3 Å². The van der Waals surface area contributed by atoms with Crippen molar-refractivity contribution in [1.82, 2.24) is 5.09 Å². The van der Waals surface area contributed by atoms with Gasteiger partial charge in [0.25, 0.3) is 0 Å². The van der Waals surface area contributed by atoms with Gasteiger partial charge in [-0.15, -0.1) is 0 Å². The third-order valence-electron chi connectivity index (χ3n) is 2.98. The van der Waals surface area contributed by atoms with Crippen molar-refractivity contribution in [1.29, 1.82) is 0 Å². The average molecular weight is 259 g/mol. The summed E-state index contributed by atoms with van der Waals surface area (Å²) in [6.45, 7) is 0.456. The van der Waals surface area contributed by atoms with E-state index in [9.17, 15) is 0 Å². The number of benzene rings is 1. The van der Waals surface area contributed by atoms with Crippen LogP contribution < -0.4 is 5.09 Å². The van der Waals surface area contributed by atoms with Crippen molar-refractivity contribution in [3.63, 3.8) is 0 Å². The average Bonchev–Trinajstić information content (AvgIpc) is 2.82. The zero-order valence-electron chi connectivity index (χ0n) is 10.3. The number of hydrogen-bond donors (Lipinski definition) is 1. The predicted molar refractivity (Wildman–Crippen MR) is 66.2 cm³/mol. The molecule has 1 saturated heterocycles. The molecule has 96 valence electrons. The van der Waals surface area contributed by atoms with Gasteiger partial charge in [-0.2, -0.15) is 0 Å². The molecular formula is C11H18NO4P. The Kier molecular flexibility index (Phi) is 3.50. The fourth-order valence-corrected chi connectivity index (χ4v) is 4.22. The first-order chi connectivity index (χ1) is 8.17. The number of hydrogen-bond acceptors (Lipinski definition) is 5. The van der Waals surface area contributed by atoms with Gasteiger partial charge in [0.1, 0.15) is 0 Å². The van der Waals surface area contributed by atoms with Crippen LogP contribution in [0.1, 0.15) is 11.6 Å². The zero-order valence-corrected chi connectivity index (χ0v) is 11.1. The van der Waals surface area contributed by atoms with E-state index in [0.717, 1.165) is 5.56 Å². The summed E-state index contributed by atoms with van der Waals surface area (Å²) in [4.78, 5) is 0.